The molecule has 1 rings (SSSR count). The van der Waals surface area contributed by atoms with Gasteiger partial charge in [0.15, 0.2) is 0 Å². The van der Waals surface area contributed by atoms with Gasteiger partial charge in [-0.2, -0.15) is 0 Å². The molecule has 0 aromatic rings. The van der Waals surface area contributed by atoms with Gasteiger partial charge in [-0.25, -0.2) is 0 Å². The number of carboxylic acids is 1. The molecule has 0 aliphatic carbocycles. The maximum absolute atomic E-state index is 11.2. The molecule has 13 heavy (non-hydrogen) atoms. The van der Waals surface area contributed by atoms with Gasteiger partial charge in [0.2, 0.25) is 5.91 Å². The molecule has 1 aliphatic rings. The fraction of sp³-hybridized carbons (Fsp3) is 0.750. The lowest BCUT2D eigenvalue weighted by atomic mass is 10.3. The third kappa shape index (κ3) is 3.42. The first-order valence-electron chi connectivity index (χ1n) is 4.27. The lowest BCUT2D eigenvalue weighted by Crippen LogP contribution is -2.34. The molecule has 5 heteroatoms. The highest BCUT2D eigenvalue weighted by atomic mass is 16.5. The second kappa shape index (κ2) is 4.81. The maximum atomic E-state index is 11.2. The summed E-state index contributed by atoms with van der Waals surface area (Å²) in [5.74, 6) is -0.989. The van der Waals surface area contributed by atoms with Crippen molar-refractivity contribution in [3.63, 3.8) is 0 Å². The molecule has 0 unspecified atom stereocenters. The zero-order chi connectivity index (χ0) is 9.68. The number of hydrogen-bond donors (Lipinski definition) is 1. The van der Waals surface area contributed by atoms with E-state index >= 15 is 0 Å². The van der Waals surface area contributed by atoms with Gasteiger partial charge in [0, 0.05) is 19.7 Å². The summed E-state index contributed by atoms with van der Waals surface area (Å²) in [6, 6.07) is 0. The van der Waals surface area contributed by atoms with E-state index in [0.29, 0.717) is 13.2 Å². The minimum absolute atomic E-state index is 0.00569. The van der Waals surface area contributed by atoms with Crippen molar-refractivity contribution in [1.29, 1.82) is 0 Å². The summed E-state index contributed by atoms with van der Waals surface area (Å²) in [6.07, 6.45) is 0.789. The van der Waals surface area contributed by atoms with Gasteiger partial charge in [-0.3, -0.25) is 9.59 Å². The summed E-state index contributed by atoms with van der Waals surface area (Å²) in [5, 5.41) is 8.43. The van der Waals surface area contributed by atoms with Crippen molar-refractivity contribution >= 4 is 11.9 Å². The zero-order valence-electron chi connectivity index (χ0n) is 7.36. The standard InChI is InChI=1S/C8H13NO4/c10-7-6-13-5-1-3-9(7)4-2-8(11)12/h1-6H2,(H,11,12). The Morgan fingerprint density at radius 3 is 3.08 bits per heavy atom. The summed E-state index contributed by atoms with van der Waals surface area (Å²) in [4.78, 5) is 23.0. The molecular formula is C8H13NO4. The lowest BCUT2D eigenvalue weighted by molar-refractivity contribution is -0.139. The highest BCUT2D eigenvalue weighted by molar-refractivity contribution is 5.78. The van der Waals surface area contributed by atoms with Gasteiger partial charge in [0.25, 0.3) is 0 Å². The quantitative estimate of drug-likeness (QED) is 0.659. The van der Waals surface area contributed by atoms with Crippen molar-refractivity contribution in [2.45, 2.75) is 12.8 Å². The number of amides is 1. The minimum Gasteiger partial charge on any atom is -0.481 e. The number of aliphatic carboxylic acids is 1. The molecule has 0 saturated carbocycles. The van der Waals surface area contributed by atoms with Gasteiger partial charge in [-0.1, -0.05) is 0 Å². The van der Waals surface area contributed by atoms with Gasteiger partial charge in [-0.15, -0.1) is 0 Å². The Hall–Kier alpha value is -1.10. The van der Waals surface area contributed by atoms with Crippen molar-refractivity contribution in [3.05, 3.63) is 0 Å². The molecule has 0 atom stereocenters. The SMILES string of the molecule is O=C(O)CCN1CCCOCC1=O. The number of carbonyl (C=O) groups excluding carboxylic acids is 1. The molecule has 1 heterocycles. The summed E-state index contributed by atoms with van der Waals surface area (Å²) < 4.78 is 5.01. The first-order valence-corrected chi connectivity index (χ1v) is 4.27. The zero-order valence-corrected chi connectivity index (χ0v) is 7.36. The summed E-state index contributed by atoms with van der Waals surface area (Å²) in [5.41, 5.74) is 0. The molecule has 1 N–H and O–H groups in total. The second-order valence-electron chi connectivity index (χ2n) is 2.93. The average Bonchev–Trinajstić information content (AvgIpc) is 2.27. The number of nitrogens with zero attached hydrogens (tertiary/aromatic N) is 1. The van der Waals surface area contributed by atoms with Crippen LogP contribution in [0, 0.1) is 0 Å². The van der Waals surface area contributed by atoms with Gasteiger partial charge in [-0.05, 0) is 6.42 Å². The van der Waals surface area contributed by atoms with Crippen LogP contribution in [0.15, 0.2) is 0 Å². The third-order valence-electron chi connectivity index (χ3n) is 1.89. The third-order valence-corrected chi connectivity index (χ3v) is 1.89. The Labute approximate surface area is 76.3 Å². The van der Waals surface area contributed by atoms with Gasteiger partial charge in [0.1, 0.15) is 6.61 Å². The first kappa shape index (κ1) is 9.98. The fourth-order valence-corrected chi connectivity index (χ4v) is 1.20. The van der Waals surface area contributed by atoms with Crippen LogP contribution < -0.4 is 0 Å². The molecule has 5 nitrogen and oxygen atoms in total. The minimum atomic E-state index is -0.877. The van der Waals surface area contributed by atoms with Crippen LogP contribution in [0.5, 0.6) is 0 Å². The first-order chi connectivity index (χ1) is 6.20. The fourth-order valence-electron chi connectivity index (χ4n) is 1.20. The molecule has 0 bridgehead atoms. The average molecular weight is 187 g/mol. The van der Waals surface area contributed by atoms with Crippen molar-refractivity contribution in [3.8, 4) is 0 Å². The largest absolute Gasteiger partial charge is 0.481 e. The normalized spacial score (nSPS) is 18.5. The van der Waals surface area contributed by atoms with Crippen LogP contribution >= 0.6 is 0 Å². The summed E-state index contributed by atoms with van der Waals surface area (Å²) in [6.45, 7) is 1.55. The van der Waals surface area contributed by atoms with Crippen LogP contribution in [0.2, 0.25) is 0 Å². The van der Waals surface area contributed by atoms with Crippen LogP contribution in [0.25, 0.3) is 0 Å². The molecular weight excluding hydrogens is 174 g/mol. The molecule has 1 amide bonds. The Bertz CT molecular complexity index is 204. The van der Waals surface area contributed by atoms with E-state index in [9.17, 15) is 9.59 Å². The number of ether oxygens (including phenoxy) is 1. The number of carbonyl (C=O) groups is 2. The molecule has 1 aliphatic heterocycles. The predicted octanol–water partition coefficient (Wildman–Crippen LogP) is -0.290. The van der Waals surface area contributed by atoms with E-state index in [4.69, 9.17) is 9.84 Å². The van der Waals surface area contributed by atoms with E-state index in [-0.39, 0.29) is 25.5 Å². The highest BCUT2D eigenvalue weighted by Gasteiger charge is 2.17. The van der Waals surface area contributed by atoms with Crippen LogP contribution in [0.1, 0.15) is 12.8 Å². The van der Waals surface area contributed by atoms with E-state index in [1.54, 1.807) is 4.90 Å². The van der Waals surface area contributed by atoms with Gasteiger partial charge < -0.3 is 14.7 Å². The van der Waals surface area contributed by atoms with E-state index in [1.807, 2.05) is 0 Å². The van der Waals surface area contributed by atoms with E-state index in [0.717, 1.165) is 6.42 Å². The molecule has 0 radical (unpaired) electrons. The Morgan fingerprint density at radius 1 is 1.62 bits per heavy atom. The van der Waals surface area contributed by atoms with E-state index in [1.165, 1.54) is 0 Å². The van der Waals surface area contributed by atoms with Crippen molar-refractivity contribution < 1.29 is 19.4 Å². The predicted molar refractivity (Wildman–Crippen MR) is 44.3 cm³/mol. The molecule has 0 aromatic carbocycles. The molecule has 0 spiro atoms. The number of carboxylic acid groups (broad SMARTS) is 1. The Morgan fingerprint density at radius 2 is 2.38 bits per heavy atom. The monoisotopic (exact) mass is 187 g/mol. The summed E-state index contributed by atoms with van der Waals surface area (Å²) >= 11 is 0. The van der Waals surface area contributed by atoms with E-state index < -0.39 is 5.97 Å². The van der Waals surface area contributed by atoms with E-state index in [2.05, 4.69) is 0 Å². The van der Waals surface area contributed by atoms with Crippen LogP contribution in [-0.2, 0) is 14.3 Å². The van der Waals surface area contributed by atoms with Gasteiger partial charge in [0.05, 0.1) is 6.42 Å². The molecule has 1 saturated heterocycles. The second-order valence-corrected chi connectivity index (χ2v) is 2.93. The number of hydrogen-bond acceptors (Lipinski definition) is 3. The Kier molecular flexibility index (Phi) is 3.70. The smallest absolute Gasteiger partial charge is 0.305 e. The van der Waals surface area contributed by atoms with Crippen molar-refractivity contribution in [2.75, 3.05) is 26.3 Å². The lowest BCUT2D eigenvalue weighted by Gasteiger charge is -2.18. The molecule has 1 fully saturated rings. The maximum Gasteiger partial charge on any atom is 0.305 e. The van der Waals surface area contributed by atoms with Crippen molar-refractivity contribution in [2.24, 2.45) is 0 Å². The number of rotatable bonds is 3. The van der Waals surface area contributed by atoms with Gasteiger partial charge >= 0.3 is 5.97 Å². The molecule has 74 valence electrons. The topological polar surface area (TPSA) is 66.8 Å². The van der Waals surface area contributed by atoms with Crippen LogP contribution in [0.4, 0.5) is 0 Å². The molecule has 0 aromatic heterocycles. The Balaban J connectivity index is 2.36. The van der Waals surface area contributed by atoms with Crippen LogP contribution in [-0.4, -0.2) is 48.2 Å². The van der Waals surface area contributed by atoms with Crippen molar-refractivity contribution in [1.82, 2.24) is 4.90 Å². The summed E-state index contributed by atoms with van der Waals surface area (Å²) in [7, 11) is 0. The highest BCUT2D eigenvalue weighted by Crippen LogP contribution is 2.01. The van der Waals surface area contributed by atoms with Crippen LogP contribution in [0.3, 0.4) is 0 Å².